The molecule has 0 heterocycles. The van der Waals surface area contributed by atoms with Gasteiger partial charge in [-0.25, -0.2) is 4.79 Å². The summed E-state index contributed by atoms with van der Waals surface area (Å²) < 4.78 is 33.3. The van der Waals surface area contributed by atoms with E-state index in [-0.39, 0.29) is 5.78 Å². The average molecular weight is 870 g/mol. The van der Waals surface area contributed by atoms with Gasteiger partial charge in [-0.3, -0.25) is 4.79 Å². The summed E-state index contributed by atoms with van der Waals surface area (Å²) in [6.07, 6.45) is 13.4. The van der Waals surface area contributed by atoms with E-state index in [1.807, 2.05) is 60.7 Å². The van der Waals surface area contributed by atoms with Crippen LogP contribution < -0.4 is 18.9 Å². The summed E-state index contributed by atoms with van der Waals surface area (Å²) in [4.78, 5) is 24.7. The SMILES string of the molecule is CCCCCCOc1cc(C(C)=O)cc(C(=O)OCCCCCCOc2ccc(Cc3ccc(OCCCCCCOC)cc3)cc2)c1.COc1ccc(-c2ccc(C#N)cc2)cc1. The second-order valence-corrected chi connectivity index (χ2v) is 15.7. The highest BCUT2D eigenvalue weighted by Crippen LogP contribution is 2.24. The molecule has 0 aliphatic rings. The molecule has 0 spiro atoms. The van der Waals surface area contributed by atoms with Gasteiger partial charge in [-0.05, 0) is 154 Å². The number of ketones is 1. The van der Waals surface area contributed by atoms with Gasteiger partial charge in [-0.15, -0.1) is 0 Å². The Bertz CT molecular complexity index is 2110. The van der Waals surface area contributed by atoms with E-state index in [0.717, 1.165) is 106 Å². The number of ether oxygens (including phenoxy) is 6. The largest absolute Gasteiger partial charge is 0.497 e. The maximum absolute atomic E-state index is 12.7. The number of hydrogen-bond acceptors (Lipinski definition) is 9. The molecule has 64 heavy (non-hydrogen) atoms. The Kier molecular flexibility index (Phi) is 23.7. The normalized spacial score (nSPS) is 10.5. The first-order valence-electron chi connectivity index (χ1n) is 22.8. The number of nitrogens with zero attached hydrogens (tertiary/aromatic N) is 1. The number of carbonyl (C=O) groups excluding carboxylic acids is 2. The van der Waals surface area contributed by atoms with Gasteiger partial charge in [0, 0.05) is 19.3 Å². The highest BCUT2D eigenvalue weighted by atomic mass is 16.5. The van der Waals surface area contributed by atoms with Crippen molar-refractivity contribution in [3.05, 3.63) is 143 Å². The van der Waals surface area contributed by atoms with Crippen molar-refractivity contribution >= 4 is 11.8 Å². The van der Waals surface area contributed by atoms with E-state index in [2.05, 4.69) is 49.4 Å². The summed E-state index contributed by atoms with van der Waals surface area (Å²) in [5, 5.41) is 8.70. The van der Waals surface area contributed by atoms with Crippen molar-refractivity contribution in [1.82, 2.24) is 0 Å². The minimum absolute atomic E-state index is 0.109. The maximum Gasteiger partial charge on any atom is 0.338 e. The van der Waals surface area contributed by atoms with Gasteiger partial charge in [0.25, 0.3) is 0 Å². The van der Waals surface area contributed by atoms with Gasteiger partial charge in [-0.1, -0.05) is 81.1 Å². The third-order valence-corrected chi connectivity index (χ3v) is 10.6. The van der Waals surface area contributed by atoms with Gasteiger partial charge < -0.3 is 28.4 Å². The van der Waals surface area contributed by atoms with Crippen LogP contribution in [0, 0.1) is 11.3 Å². The van der Waals surface area contributed by atoms with Gasteiger partial charge in [0.2, 0.25) is 0 Å². The van der Waals surface area contributed by atoms with Gasteiger partial charge in [0.05, 0.1) is 50.7 Å². The Labute approximate surface area is 381 Å². The molecule has 9 nitrogen and oxygen atoms in total. The van der Waals surface area contributed by atoms with E-state index < -0.39 is 5.97 Å². The molecule has 0 fully saturated rings. The number of nitriles is 1. The monoisotopic (exact) mass is 869 g/mol. The molecule has 0 amide bonds. The van der Waals surface area contributed by atoms with Crippen LogP contribution in [0.2, 0.25) is 0 Å². The quantitative estimate of drug-likeness (QED) is 0.0275. The van der Waals surface area contributed by atoms with Crippen molar-refractivity contribution < 1.29 is 38.0 Å². The molecule has 340 valence electrons. The standard InChI is InChI=1S/C41H56O7.C14H11NO/c1-4-5-6-12-27-47-40-31-36(33(2)42)30-37(32-40)41(43)48-28-15-10-9-14-26-46-39-22-18-35(19-23-39)29-34-16-20-38(21-17-34)45-25-13-8-7-11-24-44-3;1-16-14-8-6-13(7-9-14)12-4-2-11(10-15)3-5-12/h16-23,30-32H,4-15,24-29H2,1-3H3;2-9H,1H3. The first-order valence-corrected chi connectivity index (χ1v) is 22.8. The molecule has 0 atom stereocenters. The van der Waals surface area contributed by atoms with Crippen molar-refractivity contribution in [2.75, 3.05) is 47.3 Å². The molecule has 0 unspecified atom stereocenters. The molecule has 5 rings (SSSR count). The summed E-state index contributed by atoms with van der Waals surface area (Å²) >= 11 is 0. The zero-order valence-corrected chi connectivity index (χ0v) is 38.4. The second kappa shape index (κ2) is 30.1. The molecule has 0 saturated heterocycles. The predicted molar refractivity (Wildman–Crippen MR) is 255 cm³/mol. The number of Topliss-reactive ketones (excluding diaryl/α,β-unsaturated/α-hetero) is 1. The van der Waals surface area contributed by atoms with Crippen LogP contribution in [0.15, 0.2) is 115 Å². The fourth-order valence-electron chi connectivity index (χ4n) is 6.77. The zero-order chi connectivity index (χ0) is 45.6. The molecule has 0 saturated carbocycles. The highest BCUT2D eigenvalue weighted by Gasteiger charge is 2.13. The van der Waals surface area contributed by atoms with Gasteiger partial charge in [0.15, 0.2) is 5.78 Å². The Morgan fingerprint density at radius 1 is 0.500 bits per heavy atom. The van der Waals surface area contributed by atoms with E-state index >= 15 is 0 Å². The fourth-order valence-corrected chi connectivity index (χ4v) is 6.77. The first kappa shape index (κ1) is 50.5. The lowest BCUT2D eigenvalue weighted by Crippen LogP contribution is -2.09. The summed E-state index contributed by atoms with van der Waals surface area (Å²) in [5.41, 5.74) is 6.18. The average Bonchev–Trinajstić information content (AvgIpc) is 3.33. The van der Waals surface area contributed by atoms with E-state index in [0.29, 0.717) is 42.3 Å². The molecule has 0 aromatic heterocycles. The van der Waals surface area contributed by atoms with Crippen LogP contribution in [-0.4, -0.2) is 59.0 Å². The Hall–Kier alpha value is -6.11. The smallest absolute Gasteiger partial charge is 0.338 e. The number of esters is 1. The summed E-state index contributed by atoms with van der Waals surface area (Å²) in [6.45, 7) is 6.78. The van der Waals surface area contributed by atoms with E-state index in [9.17, 15) is 9.59 Å². The molecule has 5 aromatic rings. The van der Waals surface area contributed by atoms with Crippen LogP contribution in [0.4, 0.5) is 0 Å². The number of benzene rings is 5. The molecule has 9 heteroatoms. The molecule has 0 N–H and O–H groups in total. The molecule has 0 aliphatic carbocycles. The third kappa shape index (κ3) is 19.5. The van der Waals surface area contributed by atoms with Crippen LogP contribution in [0.1, 0.15) is 128 Å². The maximum atomic E-state index is 12.7. The highest BCUT2D eigenvalue weighted by molar-refractivity contribution is 5.98. The van der Waals surface area contributed by atoms with Crippen molar-refractivity contribution in [3.8, 4) is 40.2 Å². The van der Waals surface area contributed by atoms with Crippen LogP contribution in [0.25, 0.3) is 11.1 Å². The molecular formula is C55H67NO8. The van der Waals surface area contributed by atoms with Gasteiger partial charge in [0.1, 0.15) is 23.0 Å². The second-order valence-electron chi connectivity index (χ2n) is 15.7. The lowest BCUT2D eigenvalue weighted by molar-refractivity contribution is 0.0496. The molecule has 0 bridgehead atoms. The summed E-state index contributed by atoms with van der Waals surface area (Å²) in [7, 11) is 3.40. The number of rotatable bonds is 28. The third-order valence-electron chi connectivity index (χ3n) is 10.6. The van der Waals surface area contributed by atoms with Crippen LogP contribution in [0.5, 0.6) is 23.0 Å². The molecule has 5 aromatic carbocycles. The Morgan fingerprint density at radius 2 is 0.953 bits per heavy atom. The topological polar surface area (TPSA) is 113 Å². The lowest BCUT2D eigenvalue weighted by atomic mass is 10.0. The number of hydrogen-bond donors (Lipinski definition) is 0. The zero-order valence-electron chi connectivity index (χ0n) is 38.4. The van der Waals surface area contributed by atoms with Crippen molar-refractivity contribution in [2.45, 2.75) is 97.3 Å². The molecular weight excluding hydrogens is 803 g/mol. The number of carbonyl (C=O) groups is 2. The number of methoxy groups -OCH3 is 2. The fraction of sp³-hybridized carbons (Fsp3) is 0.400. The number of unbranched alkanes of at least 4 members (excludes halogenated alkanes) is 9. The van der Waals surface area contributed by atoms with Crippen molar-refractivity contribution in [3.63, 3.8) is 0 Å². The van der Waals surface area contributed by atoms with Crippen molar-refractivity contribution in [2.24, 2.45) is 0 Å². The van der Waals surface area contributed by atoms with E-state index in [4.69, 9.17) is 33.7 Å². The lowest BCUT2D eigenvalue weighted by Gasteiger charge is -2.11. The van der Waals surface area contributed by atoms with Crippen LogP contribution in [-0.2, 0) is 15.9 Å². The summed E-state index contributed by atoms with van der Waals surface area (Å²) in [6, 6.07) is 39.1. The van der Waals surface area contributed by atoms with Crippen LogP contribution in [0.3, 0.4) is 0 Å². The molecule has 0 radical (unpaired) electrons. The van der Waals surface area contributed by atoms with E-state index in [1.165, 1.54) is 37.3 Å². The summed E-state index contributed by atoms with van der Waals surface area (Å²) in [5.74, 6) is 2.63. The van der Waals surface area contributed by atoms with Gasteiger partial charge >= 0.3 is 5.97 Å². The Balaban J connectivity index is 0.000000466. The van der Waals surface area contributed by atoms with E-state index in [1.54, 1.807) is 32.4 Å². The minimum Gasteiger partial charge on any atom is -0.497 e. The van der Waals surface area contributed by atoms with Crippen molar-refractivity contribution in [1.29, 1.82) is 5.26 Å². The van der Waals surface area contributed by atoms with Crippen LogP contribution >= 0.6 is 0 Å². The minimum atomic E-state index is -0.428. The first-order chi connectivity index (χ1) is 31.3. The molecule has 0 aliphatic heterocycles. The predicted octanol–water partition coefficient (Wildman–Crippen LogP) is 13.1. The van der Waals surface area contributed by atoms with Gasteiger partial charge in [-0.2, -0.15) is 5.26 Å². The Morgan fingerprint density at radius 3 is 1.44 bits per heavy atom.